The van der Waals surface area contributed by atoms with Crippen molar-refractivity contribution >= 4 is 18.4 Å². The third-order valence-corrected chi connectivity index (χ3v) is 0. The van der Waals surface area contributed by atoms with Gasteiger partial charge in [-0.2, -0.15) is 0 Å². The smallest absolute Gasteiger partial charge is 0.300 e. The van der Waals surface area contributed by atoms with Gasteiger partial charge >= 0.3 is 0 Å². The summed E-state index contributed by atoms with van der Waals surface area (Å²) in [6.45, 7) is 7.08. The summed E-state index contributed by atoms with van der Waals surface area (Å²) in [7, 11) is 0. The average Bonchev–Trinajstić information content (AvgIpc) is 1.41. The van der Waals surface area contributed by atoms with Gasteiger partial charge in [0.2, 0.25) is 0 Å². The number of halogens is 1. The van der Waals surface area contributed by atoms with Gasteiger partial charge in [0.05, 0.1) is 0 Å². The number of hydrogen-bond donors (Lipinski definition) is 1. The lowest BCUT2D eigenvalue weighted by molar-refractivity contribution is -0.134. The van der Waals surface area contributed by atoms with Crippen molar-refractivity contribution < 1.29 is 9.90 Å². The fourth-order valence-corrected chi connectivity index (χ4v) is 0. The van der Waals surface area contributed by atoms with E-state index in [1.165, 1.54) is 0 Å². The zero-order valence-corrected chi connectivity index (χ0v) is 4.99. The van der Waals surface area contributed by atoms with Gasteiger partial charge in [-0.25, -0.2) is 0 Å². The molecule has 0 unspecified atom stereocenters. The van der Waals surface area contributed by atoms with Crippen LogP contribution in [0.1, 0.15) is 6.92 Å². The molecule has 0 radical (unpaired) electrons. The van der Waals surface area contributed by atoms with Crippen molar-refractivity contribution in [3.05, 3.63) is 13.2 Å². The van der Waals surface area contributed by atoms with Crippen LogP contribution in [0.3, 0.4) is 0 Å². The monoisotopic (exact) mass is 124 g/mol. The van der Waals surface area contributed by atoms with E-state index in [0.717, 1.165) is 6.92 Å². The average molecular weight is 125 g/mol. The van der Waals surface area contributed by atoms with Gasteiger partial charge in [-0.15, -0.1) is 25.6 Å². The quantitative estimate of drug-likeness (QED) is 0.495. The largest absolute Gasteiger partial charge is 0.481 e. The van der Waals surface area contributed by atoms with Crippen LogP contribution in [0.25, 0.3) is 0 Å². The molecule has 2 nitrogen and oxygen atoms in total. The lowest BCUT2D eigenvalue weighted by atomic mass is 10.9. The van der Waals surface area contributed by atoms with E-state index >= 15 is 0 Å². The van der Waals surface area contributed by atoms with Gasteiger partial charge in [0.25, 0.3) is 5.97 Å². The van der Waals surface area contributed by atoms with Crippen molar-refractivity contribution in [2.45, 2.75) is 6.92 Å². The topological polar surface area (TPSA) is 37.3 Å². The Hall–Kier alpha value is -0.500. The van der Waals surface area contributed by atoms with E-state index in [2.05, 4.69) is 13.2 Å². The molecule has 0 aliphatic carbocycles. The molecule has 1 N–H and O–H groups in total. The Morgan fingerprint density at radius 2 is 1.57 bits per heavy atom. The Kier molecular flexibility index (Phi) is 40.9. The highest BCUT2D eigenvalue weighted by Gasteiger charge is 1.65. The Balaban J connectivity index is -0.0000000480. The first-order valence-corrected chi connectivity index (χ1v) is 1.43. The highest BCUT2D eigenvalue weighted by Crippen LogP contribution is 1.42. The van der Waals surface area contributed by atoms with Gasteiger partial charge in [-0.1, -0.05) is 0 Å². The van der Waals surface area contributed by atoms with Crippen LogP contribution in [-0.4, -0.2) is 11.1 Å². The number of carboxylic acids is 1. The summed E-state index contributed by atoms with van der Waals surface area (Å²) in [4.78, 5) is 9.00. The summed E-state index contributed by atoms with van der Waals surface area (Å²) in [5, 5.41) is 7.42. The van der Waals surface area contributed by atoms with Gasteiger partial charge in [0, 0.05) is 6.92 Å². The number of aliphatic carboxylic acids is 1. The van der Waals surface area contributed by atoms with Crippen molar-refractivity contribution in [2.24, 2.45) is 0 Å². The molecular formula is C4H9ClO2. The van der Waals surface area contributed by atoms with Gasteiger partial charge in [0.1, 0.15) is 0 Å². The number of carbonyl (C=O) groups is 1. The summed E-state index contributed by atoms with van der Waals surface area (Å²) < 4.78 is 0. The van der Waals surface area contributed by atoms with Gasteiger partial charge in [-0.3, -0.25) is 4.79 Å². The third-order valence-electron chi connectivity index (χ3n) is 0. The van der Waals surface area contributed by atoms with E-state index < -0.39 is 5.97 Å². The molecule has 0 aromatic carbocycles. The fourth-order valence-electron chi connectivity index (χ4n) is 0. The summed E-state index contributed by atoms with van der Waals surface area (Å²) >= 11 is 0. The molecule has 0 aromatic heterocycles. The van der Waals surface area contributed by atoms with Crippen molar-refractivity contribution in [3.8, 4) is 0 Å². The van der Waals surface area contributed by atoms with E-state index in [-0.39, 0.29) is 12.4 Å². The SMILES string of the molecule is C=C.CC(=O)O.Cl. The van der Waals surface area contributed by atoms with E-state index in [9.17, 15) is 0 Å². The van der Waals surface area contributed by atoms with Crippen LogP contribution >= 0.6 is 12.4 Å². The van der Waals surface area contributed by atoms with Crippen molar-refractivity contribution in [3.63, 3.8) is 0 Å². The molecule has 0 aromatic rings. The van der Waals surface area contributed by atoms with E-state index in [1.54, 1.807) is 0 Å². The van der Waals surface area contributed by atoms with Crippen LogP contribution in [-0.2, 0) is 4.79 Å². The van der Waals surface area contributed by atoms with E-state index in [1.807, 2.05) is 0 Å². The van der Waals surface area contributed by atoms with Crippen LogP contribution in [0.15, 0.2) is 13.2 Å². The number of carboxylic acid groups (broad SMARTS) is 1. The van der Waals surface area contributed by atoms with Crippen LogP contribution < -0.4 is 0 Å². The first-order valence-electron chi connectivity index (χ1n) is 1.43. The first kappa shape index (κ1) is 16.1. The predicted molar refractivity (Wildman–Crippen MR) is 31.8 cm³/mol. The third kappa shape index (κ3) is 270. The highest BCUT2D eigenvalue weighted by atomic mass is 35.5. The van der Waals surface area contributed by atoms with Crippen molar-refractivity contribution in [1.29, 1.82) is 0 Å². The zero-order chi connectivity index (χ0) is 5.58. The summed E-state index contributed by atoms with van der Waals surface area (Å²) in [5.41, 5.74) is 0. The molecule has 0 fully saturated rings. The zero-order valence-electron chi connectivity index (χ0n) is 4.18. The van der Waals surface area contributed by atoms with Gasteiger partial charge < -0.3 is 5.11 Å². The Labute approximate surface area is 49.3 Å². The van der Waals surface area contributed by atoms with Crippen molar-refractivity contribution in [1.82, 2.24) is 0 Å². The number of hydrogen-bond acceptors (Lipinski definition) is 1. The van der Waals surface area contributed by atoms with E-state index in [4.69, 9.17) is 9.90 Å². The molecule has 0 amide bonds. The number of rotatable bonds is 0. The second kappa shape index (κ2) is 17.8. The molecule has 0 atom stereocenters. The maximum Gasteiger partial charge on any atom is 0.300 e. The van der Waals surface area contributed by atoms with Crippen molar-refractivity contribution in [2.75, 3.05) is 0 Å². The molecule has 7 heavy (non-hydrogen) atoms. The minimum absolute atomic E-state index is 0. The first-order chi connectivity index (χ1) is 2.73. The van der Waals surface area contributed by atoms with Crippen LogP contribution in [0.5, 0.6) is 0 Å². The highest BCUT2D eigenvalue weighted by molar-refractivity contribution is 5.85. The van der Waals surface area contributed by atoms with Gasteiger partial charge in [-0.05, 0) is 0 Å². The Bertz CT molecular complexity index is 41.0. The Morgan fingerprint density at radius 3 is 1.57 bits per heavy atom. The maximum atomic E-state index is 9.00. The fraction of sp³-hybridized carbons (Fsp3) is 0.250. The molecule has 0 saturated carbocycles. The standard InChI is InChI=1S/C2H4O2.C2H4.ClH/c1-2(3)4;1-2;/h1H3,(H,3,4);1-2H2;1H. The molecule has 0 aliphatic rings. The molecule has 0 heterocycles. The lowest BCUT2D eigenvalue weighted by Gasteiger charge is -1.59. The second-order valence-electron chi connectivity index (χ2n) is 0.519. The molecule has 0 spiro atoms. The molecule has 44 valence electrons. The lowest BCUT2D eigenvalue weighted by Crippen LogP contribution is -1.78. The molecule has 0 bridgehead atoms. The molecule has 0 rings (SSSR count). The molecule has 3 heteroatoms. The minimum Gasteiger partial charge on any atom is -0.481 e. The van der Waals surface area contributed by atoms with E-state index in [0.29, 0.717) is 0 Å². The predicted octanol–water partition coefficient (Wildman–Crippen LogP) is 1.31. The van der Waals surface area contributed by atoms with Crippen LogP contribution in [0.2, 0.25) is 0 Å². The Morgan fingerprint density at radius 1 is 1.57 bits per heavy atom. The van der Waals surface area contributed by atoms with Gasteiger partial charge in [0.15, 0.2) is 0 Å². The normalized spacial score (nSPS) is 4.14. The minimum atomic E-state index is -0.833. The second-order valence-corrected chi connectivity index (χ2v) is 0.519. The summed E-state index contributed by atoms with van der Waals surface area (Å²) in [5.74, 6) is -0.833. The van der Waals surface area contributed by atoms with Crippen LogP contribution in [0.4, 0.5) is 0 Å². The van der Waals surface area contributed by atoms with Crippen LogP contribution in [0, 0.1) is 0 Å². The molecule has 0 aliphatic heterocycles. The summed E-state index contributed by atoms with van der Waals surface area (Å²) in [6, 6.07) is 0. The molecule has 0 saturated heterocycles. The maximum absolute atomic E-state index is 9.00. The molecular weight excluding hydrogens is 115 g/mol. The summed E-state index contributed by atoms with van der Waals surface area (Å²) in [6.07, 6.45) is 0.